The van der Waals surface area contributed by atoms with E-state index in [1.807, 2.05) is 0 Å². The van der Waals surface area contributed by atoms with Gasteiger partial charge in [-0.15, -0.1) is 0 Å². The molecule has 0 aromatic carbocycles. The van der Waals surface area contributed by atoms with Crippen molar-refractivity contribution in [3.63, 3.8) is 0 Å². The number of hydrogen-bond donors (Lipinski definition) is 0. The minimum Gasteiger partial charge on any atom is -0.367 e. The highest BCUT2D eigenvalue weighted by atomic mass is 16.5. The smallest absolute Gasteiger partial charge is 0.129 e. The first kappa shape index (κ1) is 21.1. The molecule has 2 unspecified atom stereocenters. The van der Waals surface area contributed by atoms with Gasteiger partial charge in [0.15, 0.2) is 0 Å². The topological polar surface area (TPSA) is 26.3 Å². The van der Waals surface area contributed by atoms with E-state index in [1.54, 1.807) is 6.92 Å². The van der Waals surface area contributed by atoms with Crippen LogP contribution in [-0.2, 0) is 9.53 Å². The molecule has 0 radical (unpaired) electrons. The van der Waals surface area contributed by atoms with Gasteiger partial charge in [0.1, 0.15) is 5.78 Å². The number of Topliss-reactive ketones (excluding diaryl/α,β-unsaturated/α-hetero) is 1. The molecule has 1 heterocycles. The van der Waals surface area contributed by atoms with E-state index in [9.17, 15) is 4.79 Å². The molecule has 22 heavy (non-hydrogen) atoms. The number of ether oxygens (including phenoxy) is 1. The monoisotopic (exact) mass is 308 g/mol. The van der Waals surface area contributed by atoms with Gasteiger partial charge >= 0.3 is 0 Å². The van der Waals surface area contributed by atoms with E-state index >= 15 is 0 Å². The van der Waals surface area contributed by atoms with Crippen molar-refractivity contribution in [1.29, 1.82) is 0 Å². The lowest BCUT2D eigenvalue weighted by Gasteiger charge is -2.07. The number of rotatable bonds is 7. The quantitative estimate of drug-likeness (QED) is 0.425. The van der Waals surface area contributed by atoms with E-state index in [2.05, 4.69) is 46.8 Å². The van der Waals surface area contributed by atoms with Gasteiger partial charge in [0.2, 0.25) is 0 Å². The summed E-state index contributed by atoms with van der Waals surface area (Å²) in [6.45, 7) is 12.3. The predicted octanol–water partition coefficient (Wildman–Crippen LogP) is 6.01. The van der Waals surface area contributed by atoms with Crippen molar-refractivity contribution in [1.82, 2.24) is 0 Å². The summed E-state index contributed by atoms with van der Waals surface area (Å²) in [4.78, 5) is 10.4. The number of ketones is 1. The van der Waals surface area contributed by atoms with Crippen LogP contribution in [0.4, 0.5) is 0 Å². The zero-order chi connectivity index (χ0) is 17.0. The Kier molecular flexibility index (Phi) is 12.1. The predicted molar refractivity (Wildman–Crippen MR) is 96.2 cm³/mol. The third kappa shape index (κ3) is 12.8. The molecular formula is C20H36O2. The lowest BCUT2D eigenvalue weighted by molar-refractivity contribution is -0.117. The first-order valence-corrected chi connectivity index (χ1v) is 8.80. The van der Waals surface area contributed by atoms with Crippen LogP contribution in [0.3, 0.4) is 0 Å². The first-order chi connectivity index (χ1) is 10.3. The molecule has 0 aliphatic carbocycles. The first-order valence-electron chi connectivity index (χ1n) is 8.80. The fourth-order valence-corrected chi connectivity index (χ4v) is 2.48. The van der Waals surface area contributed by atoms with E-state index in [-0.39, 0.29) is 0 Å². The van der Waals surface area contributed by atoms with Gasteiger partial charge in [0.05, 0.1) is 12.2 Å². The van der Waals surface area contributed by atoms with Crippen LogP contribution in [0.1, 0.15) is 86.5 Å². The number of unbranched alkanes of at least 4 members (excludes halogenated alkanes) is 3. The van der Waals surface area contributed by atoms with Gasteiger partial charge < -0.3 is 9.53 Å². The van der Waals surface area contributed by atoms with Crippen LogP contribution in [-0.4, -0.2) is 18.0 Å². The highest BCUT2D eigenvalue weighted by Gasteiger charge is 2.21. The van der Waals surface area contributed by atoms with E-state index in [0.717, 1.165) is 12.8 Å². The standard InChI is InChI=1S/C12H20O.C8H16O/c1-9(2)7-11-5-6-12(13-11)8-10(3)4;1-3-4-5-6-7-8(2)9/h7-8,11-12H,5-6H2,1-4H3;3-7H2,1-2H3. The summed E-state index contributed by atoms with van der Waals surface area (Å²) in [5.74, 6) is 0.325. The molecule has 0 aromatic heterocycles. The maximum absolute atomic E-state index is 10.4. The molecule has 2 nitrogen and oxygen atoms in total. The second kappa shape index (κ2) is 12.6. The van der Waals surface area contributed by atoms with Crippen LogP contribution in [0.15, 0.2) is 23.3 Å². The van der Waals surface area contributed by atoms with Crippen molar-refractivity contribution >= 4 is 5.78 Å². The molecule has 0 saturated carbocycles. The molecule has 1 saturated heterocycles. The minimum absolute atomic E-state index is 0.325. The normalized spacial score (nSPS) is 19.9. The van der Waals surface area contributed by atoms with Crippen molar-refractivity contribution in [2.45, 2.75) is 98.7 Å². The van der Waals surface area contributed by atoms with Gasteiger partial charge in [-0.05, 0) is 53.9 Å². The molecule has 1 fully saturated rings. The zero-order valence-corrected chi connectivity index (χ0v) is 15.6. The number of carbonyl (C=O) groups is 1. The molecular weight excluding hydrogens is 272 g/mol. The molecule has 128 valence electrons. The van der Waals surface area contributed by atoms with Crippen molar-refractivity contribution in [3.8, 4) is 0 Å². The summed E-state index contributed by atoms with van der Waals surface area (Å²) in [5, 5.41) is 0. The number of allylic oxidation sites excluding steroid dienone is 2. The molecule has 0 N–H and O–H groups in total. The molecule has 1 aliphatic heterocycles. The Bertz CT molecular complexity index is 334. The van der Waals surface area contributed by atoms with Crippen LogP contribution in [0.25, 0.3) is 0 Å². The maximum atomic E-state index is 10.4. The maximum Gasteiger partial charge on any atom is 0.129 e. The van der Waals surface area contributed by atoms with Gasteiger partial charge in [-0.2, -0.15) is 0 Å². The molecule has 1 rings (SSSR count). The molecule has 2 atom stereocenters. The summed E-state index contributed by atoms with van der Waals surface area (Å²) in [6.07, 6.45) is 13.1. The van der Waals surface area contributed by atoms with Crippen LogP contribution in [0.2, 0.25) is 0 Å². The Balaban J connectivity index is 0.000000433. The van der Waals surface area contributed by atoms with Gasteiger partial charge in [-0.3, -0.25) is 0 Å². The van der Waals surface area contributed by atoms with Crippen LogP contribution in [0, 0.1) is 0 Å². The van der Waals surface area contributed by atoms with Gasteiger partial charge in [-0.25, -0.2) is 0 Å². The van der Waals surface area contributed by atoms with Gasteiger partial charge in [-0.1, -0.05) is 49.5 Å². The summed E-state index contributed by atoms with van der Waals surface area (Å²) >= 11 is 0. The summed E-state index contributed by atoms with van der Waals surface area (Å²) in [5.41, 5.74) is 2.70. The van der Waals surface area contributed by atoms with E-state index in [4.69, 9.17) is 4.74 Å². The van der Waals surface area contributed by atoms with E-state index in [0.29, 0.717) is 18.0 Å². The number of hydrogen-bond acceptors (Lipinski definition) is 2. The Morgan fingerprint density at radius 1 is 0.909 bits per heavy atom. The van der Waals surface area contributed by atoms with E-state index < -0.39 is 0 Å². The molecule has 2 heteroatoms. The van der Waals surface area contributed by atoms with Crippen molar-refractivity contribution in [3.05, 3.63) is 23.3 Å². The van der Waals surface area contributed by atoms with Crippen LogP contribution >= 0.6 is 0 Å². The van der Waals surface area contributed by atoms with Crippen LogP contribution < -0.4 is 0 Å². The highest BCUT2D eigenvalue weighted by molar-refractivity contribution is 5.75. The SMILES string of the molecule is CC(C)=CC1CCC(C=C(C)C)O1.CCCCCCC(C)=O. The molecule has 0 amide bonds. The third-order valence-corrected chi connectivity index (χ3v) is 3.51. The number of carbonyl (C=O) groups excluding carboxylic acids is 1. The second-order valence-corrected chi connectivity index (χ2v) is 6.79. The van der Waals surface area contributed by atoms with Gasteiger partial charge in [0.25, 0.3) is 0 Å². The second-order valence-electron chi connectivity index (χ2n) is 6.79. The zero-order valence-electron chi connectivity index (χ0n) is 15.6. The molecule has 0 bridgehead atoms. The molecule has 0 spiro atoms. The lowest BCUT2D eigenvalue weighted by Crippen LogP contribution is -2.06. The minimum atomic E-state index is 0.325. The Hall–Kier alpha value is -0.890. The average molecular weight is 309 g/mol. The molecule has 0 aromatic rings. The summed E-state index contributed by atoms with van der Waals surface area (Å²) in [7, 11) is 0. The Morgan fingerprint density at radius 2 is 1.41 bits per heavy atom. The highest BCUT2D eigenvalue weighted by Crippen LogP contribution is 2.23. The summed E-state index contributed by atoms with van der Waals surface area (Å²) in [6, 6.07) is 0. The average Bonchev–Trinajstić information content (AvgIpc) is 2.80. The fraction of sp³-hybridized carbons (Fsp3) is 0.750. The Labute approximate surface area is 138 Å². The third-order valence-electron chi connectivity index (χ3n) is 3.51. The van der Waals surface area contributed by atoms with Gasteiger partial charge in [0, 0.05) is 6.42 Å². The summed E-state index contributed by atoms with van der Waals surface area (Å²) < 4.78 is 5.83. The van der Waals surface area contributed by atoms with Crippen LogP contribution in [0.5, 0.6) is 0 Å². The Morgan fingerprint density at radius 3 is 1.77 bits per heavy atom. The fourth-order valence-electron chi connectivity index (χ4n) is 2.48. The van der Waals surface area contributed by atoms with Crippen molar-refractivity contribution in [2.75, 3.05) is 0 Å². The van der Waals surface area contributed by atoms with Crippen molar-refractivity contribution < 1.29 is 9.53 Å². The largest absolute Gasteiger partial charge is 0.367 e. The van der Waals surface area contributed by atoms with E-state index in [1.165, 1.54) is 43.3 Å². The van der Waals surface area contributed by atoms with Crippen molar-refractivity contribution in [2.24, 2.45) is 0 Å². The lowest BCUT2D eigenvalue weighted by atomic mass is 10.1. The molecule has 1 aliphatic rings.